The molecule has 2 atom stereocenters. The molecule has 108 valence electrons. The molecule has 2 heterocycles. The molecule has 1 aromatic rings. The number of hydrogen-bond donors (Lipinski definition) is 1. The lowest BCUT2D eigenvalue weighted by Crippen LogP contribution is -2.56. The molecule has 0 aromatic carbocycles. The van der Waals surface area contributed by atoms with E-state index in [0.717, 1.165) is 25.4 Å². The first-order valence-corrected chi connectivity index (χ1v) is 7.50. The number of aromatic nitrogens is 2. The highest BCUT2D eigenvalue weighted by atomic mass is 15.3. The van der Waals surface area contributed by atoms with Crippen LogP contribution in [0.3, 0.4) is 0 Å². The largest absolute Gasteiger partial charge is 0.311 e. The van der Waals surface area contributed by atoms with Crippen molar-refractivity contribution in [2.75, 3.05) is 19.6 Å². The lowest BCUT2D eigenvalue weighted by molar-refractivity contribution is 0.133. The molecule has 0 radical (unpaired) electrons. The Morgan fingerprint density at radius 1 is 1.47 bits per heavy atom. The van der Waals surface area contributed by atoms with Gasteiger partial charge in [-0.05, 0) is 25.3 Å². The minimum absolute atomic E-state index is 0.636. The Bertz CT molecular complexity index is 385. The summed E-state index contributed by atoms with van der Waals surface area (Å²) in [5, 5.41) is 7.92. The first-order chi connectivity index (χ1) is 9.06. The summed E-state index contributed by atoms with van der Waals surface area (Å²) in [4.78, 5) is 2.62. The van der Waals surface area contributed by atoms with Gasteiger partial charge < -0.3 is 5.32 Å². The smallest absolute Gasteiger partial charge is 0.0492 e. The highest BCUT2D eigenvalue weighted by molar-refractivity contribution is 5.01. The maximum absolute atomic E-state index is 4.24. The molecule has 4 nitrogen and oxygen atoms in total. The van der Waals surface area contributed by atoms with Crippen LogP contribution in [0.5, 0.6) is 0 Å². The van der Waals surface area contributed by atoms with Gasteiger partial charge in [-0.1, -0.05) is 13.8 Å². The van der Waals surface area contributed by atoms with Gasteiger partial charge in [-0.15, -0.1) is 0 Å². The highest BCUT2D eigenvalue weighted by Gasteiger charge is 2.25. The van der Waals surface area contributed by atoms with Crippen molar-refractivity contribution in [2.24, 2.45) is 13.0 Å². The van der Waals surface area contributed by atoms with Crippen LogP contribution in [-0.4, -0.2) is 46.4 Å². The summed E-state index contributed by atoms with van der Waals surface area (Å²) < 4.78 is 1.98. The summed E-state index contributed by atoms with van der Waals surface area (Å²) in [7, 11) is 2.03. The van der Waals surface area contributed by atoms with Crippen molar-refractivity contribution >= 4 is 0 Å². The van der Waals surface area contributed by atoms with E-state index in [4.69, 9.17) is 0 Å². The molecule has 0 bridgehead atoms. The zero-order valence-corrected chi connectivity index (χ0v) is 12.8. The Kier molecular flexibility index (Phi) is 4.99. The van der Waals surface area contributed by atoms with Crippen LogP contribution < -0.4 is 5.32 Å². The molecule has 1 aromatic heterocycles. The van der Waals surface area contributed by atoms with E-state index >= 15 is 0 Å². The maximum Gasteiger partial charge on any atom is 0.0492 e. The third-order valence-corrected chi connectivity index (χ3v) is 4.11. The topological polar surface area (TPSA) is 33.1 Å². The molecule has 1 saturated heterocycles. The van der Waals surface area contributed by atoms with Crippen LogP contribution in [0.25, 0.3) is 0 Å². The molecule has 1 aliphatic rings. The Morgan fingerprint density at radius 2 is 2.26 bits per heavy atom. The quantitative estimate of drug-likeness (QED) is 0.878. The fourth-order valence-corrected chi connectivity index (χ4v) is 2.94. The second-order valence-electron chi connectivity index (χ2n) is 6.27. The van der Waals surface area contributed by atoms with Gasteiger partial charge in [0.25, 0.3) is 0 Å². The van der Waals surface area contributed by atoms with Crippen LogP contribution in [0, 0.1) is 5.92 Å². The van der Waals surface area contributed by atoms with Crippen molar-refractivity contribution in [3.05, 3.63) is 18.0 Å². The molecule has 2 rings (SSSR count). The van der Waals surface area contributed by atoms with E-state index < -0.39 is 0 Å². The molecule has 19 heavy (non-hydrogen) atoms. The lowest BCUT2D eigenvalue weighted by Gasteiger charge is -2.39. The van der Waals surface area contributed by atoms with Crippen molar-refractivity contribution in [3.8, 4) is 0 Å². The SMILES string of the molecule is CC(C)CC1CN(CCc2ccnn2C)C(C)CN1. The molecule has 1 fully saturated rings. The Labute approximate surface area is 117 Å². The summed E-state index contributed by atoms with van der Waals surface area (Å²) in [5.41, 5.74) is 1.33. The predicted octanol–water partition coefficient (Wildman–Crippen LogP) is 1.67. The fourth-order valence-electron chi connectivity index (χ4n) is 2.94. The second-order valence-corrected chi connectivity index (χ2v) is 6.27. The monoisotopic (exact) mass is 264 g/mol. The third kappa shape index (κ3) is 4.05. The van der Waals surface area contributed by atoms with Gasteiger partial charge in [0, 0.05) is 57.1 Å². The molecule has 0 spiro atoms. The van der Waals surface area contributed by atoms with E-state index in [0.29, 0.717) is 12.1 Å². The maximum atomic E-state index is 4.24. The summed E-state index contributed by atoms with van der Waals surface area (Å²) in [6.07, 6.45) is 4.25. The number of aryl methyl sites for hydroxylation is 1. The predicted molar refractivity (Wildman–Crippen MR) is 79.2 cm³/mol. The van der Waals surface area contributed by atoms with Crippen molar-refractivity contribution in [1.29, 1.82) is 0 Å². The number of hydrogen-bond acceptors (Lipinski definition) is 3. The van der Waals surface area contributed by atoms with E-state index in [1.54, 1.807) is 0 Å². The Hall–Kier alpha value is -0.870. The third-order valence-electron chi connectivity index (χ3n) is 4.11. The van der Waals surface area contributed by atoms with Crippen LogP contribution in [0.15, 0.2) is 12.3 Å². The highest BCUT2D eigenvalue weighted by Crippen LogP contribution is 2.13. The second kappa shape index (κ2) is 6.53. The standard InChI is InChI=1S/C15H28N4/c1-12(2)9-14-11-19(13(3)10-16-14)8-6-15-5-7-17-18(15)4/h5,7,12-14,16H,6,8-11H2,1-4H3. The van der Waals surface area contributed by atoms with Gasteiger partial charge in [-0.2, -0.15) is 5.10 Å². The number of nitrogens with one attached hydrogen (secondary N) is 1. The van der Waals surface area contributed by atoms with Crippen LogP contribution in [0.1, 0.15) is 32.9 Å². The minimum Gasteiger partial charge on any atom is -0.311 e. The number of rotatable bonds is 5. The molecule has 2 unspecified atom stereocenters. The zero-order valence-electron chi connectivity index (χ0n) is 12.8. The van der Waals surface area contributed by atoms with Crippen LogP contribution in [-0.2, 0) is 13.5 Å². The molecule has 4 heteroatoms. The Morgan fingerprint density at radius 3 is 2.89 bits per heavy atom. The van der Waals surface area contributed by atoms with E-state index in [-0.39, 0.29) is 0 Å². The fraction of sp³-hybridized carbons (Fsp3) is 0.800. The van der Waals surface area contributed by atoms with Gasteiger partial charge in [-0.3, -0.25) is 9.58 Å². The first-order valence-electron chi connectivity index (χ1n) is 7.50. The minimum atomic E-state index is 0.636. The van der Waals surface area contributed by atoms with Crippen LogP contribution in [0.4, 0.5) is 0 Å². The average Bonchev–Trinajstić information content (AvgIpc) is 2.75. The molecule has 0 amide bonds. The normalized spacial score (nSPS) is 25.1. The molecular weight excluding hydrogens is 236 g/mol. The zero-order chi connectivity index (χ0) is 13.8. The van der Waals surface area contributed by atoms with Gasteiger partial charge in [0.1, 0.15) is 0 Å². The molecule has 0 saturated carbocycles. The summed E-state index contributed by atoms with van der Waals surface area (Å²) in [6, 6.07) is 3.41. The van der Waals surface area contributed by atoms with Crippen LogP contribution >= 0.6 is 0 Å². The molecular formula is C15H28N4. The van der Waals surface area contributed by atoms with Gasteiger partial charge in [0.15, 0.2) is 0 Å². The molecule has 0 aliphatic carbocycles. The van der Waals surface area contributed by atoms with Gasteiger partial charge in [0.2, 0.25) is 0 Å². The van der Waals surface area contributed by atoms with E-state index in [9.17, 15) is 0 Å². The number of nitrogens with zero attached hydrogens (tertiary/aromatic N) is 3. The van der Waals surface area contributed by atoms with Crippen LogP contribution in [0.2, 0.25) is 0 Å². The molecule has 1 aliphatic heterocycles. The van der Waals surface area contributed by atoms with Gasteiger partial charge in [-0.25, -0.2) is 0 Å². The Balaban J connectivity index is 1.85. The van der Waals surface area contributed by atoms with Gasteiger partial charge in [0.05, 0.1) is 0 Å². The molecule has 1 N–H and O–H groups in total. The summed E-state index contributed by atoms with van der Waals surface area (Å²) in [6.45, 7) is 10.4. The van der Waals surface area contributed by atoms with Crippen molar-refractivity contribution in [1.82, 2.24) is 20.0 Å². The van der Waals surface area contributed by atoms with Crippen molar-refractivity contribution < 1.29 is 0 Å². The van der Waals surface area contributed by atoms with Crippen molar-refractivity contribution in [3.63, 3.8) is 0 Å². The van der Waals surface area contributed by atoms with E-state index in [2.05, 4.69) is 42.2 Å². The van der Waals surface area contributed by atoms with E-state index in [1.165, 1.54) is 18.7 Å². The van der Waals surface area contributed by atoms with Crippen molar-refractivity contribution in [2.45, 2.75) is 45.7 Å². The number of piperazine rings is 1. The first kappa shape index (κ1) is 14.5. The van der Waals surface area contributed by atoms with E-state index in [1.807, 2.05) is 17.9 Å². The lowest BCUT2D eigenvalue weighted by atomic mass is 10.00. The van der Waals surface area contributed by atoms with Gasteiger partial charge >= 0.3 is 0 Å². The summed E-state index contributed by atoms with van der Waals surface area (Å²) >= 11 is 0. The summed E-state index contributed by atoms with van der Waals surface area (Å²) in [5.74, 6) is 0.768. The average molecular weight is 264 g/mol.